The van der Waals surface area contributed by atoms with Crippen LogP contribution in [0.25, 0.3) is 0 Å². The number of halogens is 4. The van der Waals surface area contributed by atoms with E-state index in [2.05, 4.69) is 21.2 Å². The van der Waals surface area contributed by atoms with Crippen molar-refractivity contribution in [1.82, 2.24) is 4.57 Å². The van der Waals surface area contributed by atoms with Crippen LogP contribution in [0.2, 0.25) is 0 Å². The summed E-state index contributed by atoms with van der Waals surface area (Å²) in [6, 6.07) is 8.19. The van der Waals surface area contributed by atoms with E-state index in [1.165, 1.54) is 16.7 Å². The molecule has 1 heterocycles. The highest BCUT2D eigenvalue weighted by atomic mass is 79.9. The summed E-state index contributed by atoms with van der Waals surface area (Å²) in [5.74, 6) is 0. The highest BCUT2D eigenvalue weighted by Gasteiger charge is 2.30. The lowest BCUT2D eigenvalue weighted by atomic mass is 10.2. The number of benzene rings is 1. The molecule has 0 aliphatic rings. The summed E-state index contributed by atoms with van der Waals surface area (Å²) < 4.78 is 40.0. The Bertz CT molecular complexity index is 682. The fourth-order valence-corrected chi connectivity index (χ4v) is 2.18. The Morgan fingerprint density at radius 3 is 2.62 bits per heavy atom. The maximum Gasteiger partial charge on any atom is 0.416 e. The smallest absolute Gasteiger partial charge is 0.382 e. The molecular formula is C14H12BrF3N2O. The van der Waals surface area contributed by atoms with E-state index >= 15 is 0 Å². The van der Waals surface area contributed by atoms with E-state index in [0.29, 0.717) is 23.2 Å². The highest BCUT2D eigenvalue weighted by Crippen LogP contribution is 2.33. The molecule has 1 aromatic heterocycles. The van der Waals surface area contributed by atoms with Gasteiger partial charge in [0.1, 0.15) is 0 Å². The third-order valence-electron chi connectivity index (χ3n) is 2.86. The maximum atomic E-state index is 12.7. The average molecular weight is 361 g/mol. The number of anilines is 1. The van der Waals surface area contributed by atoms with Crippen LogP contribution in [-0.2, 0) is 12.7 Å². The number of nitrogens with one attached hydrogen (secondary N) is 1. The van der Waals surface area contributed by atoms with Gasteiger partial charge in [-0.25, -0.2) is 0 Å². The maximum absolute atomic E-state index is 12.7. The van der Waals surface area contributed by atoms with Crippen molar-refractivity contribution in [3.8, 4) is 0 Å². The Kier molecular flexibility index (Phi) is 4.72. The van der Waals surface area contributed by atoms with E-state index < -0.39 is 11.7 Å². The van der Waals surface area contributed by atoms with Gasteiger partial charge in [0.05, 0.1) is 5.56 Å². The number of nitrogens with zero attached hydrogens (tertiary/aromatic N) is 1. The number of alkyl halides is 3. The van der Waals surface area contributed by atoms with Crippen LogP contribution in [0.15, 0.2) is 51.9 Å². The molecule has 0 aliphatic carbocycles. The van der Waals surface area contributed by atoms with E-state index in [9.17, 15) is 18.0 Å². The minimum atomic E-state index is -4.38. The van der Waals surface area contributed by atoms with E-state index in [1.807, 2.05) is 0 Å². The lowest BCUT2D eigenvalue weighted by Gasteiger charge is -2.13. The monoisotopic (exact) mass is 360 g/mol. The predicted octanol–water partition coefficient (Wildman–Crippen LogP) is 3.74. The second kappa shape index (κ2) is 6.34. The molecular weight excluding hydrogens is 349 g/mol. The lowest BCUT2D eigenvalue weighted by Crippen LogP contribution is -2.22. The Hall–Kier alpha value is -1.76. The summed E-state index contributed by atoms with van der Waals surface area (Å²) in [5.41, 5.74) is -0.527. The number of rotatable bonds is 4. The molecule has 0 fully saturated rings. The molecule has 1 N–H and O–H groups in total. The zero-order chi connectivity index (χ0) is 15.5. The van der Waals surface area contributed by atoms with Gasteiger partial charge < -0.3 is 9.88 Å². The van der Waals surface area contributed by atoms with Crippen LogP contribution in [0.5, 0.6) is 0 Å². The largest absolute Gasteiger partial charge is 0.416 e. The topological polar surface area (TPSA) is 34.0 Å². The minimum absolute atomic E-state index is 0.151. The number of hydrogen-bond acceptors (Lipinski definition) is 2. The lowest BCUT2D eigenvalue weighted by molar-refractivity contribution is -0.137. The molecule has 0 saturated heterocycles. The molecule has 0 saturated carbocycles. The van der Waals surface area contributed by atoms with Gasteiger partial charge in [-0.1, -0.05) is 6.07 Å². The molecule has 7 heteroatoms. The third-order valence-corrected chi connectivity index (χ3v) is 3.55. The SMILES string of the molecule is O=c1ccccn1CCNc1cc(C(F)(F)F)ccc1Br. The summed E-state index contributed by atoms with van der Waals surface area (Å²) >= 11 is 3.20. The molecule has 0 bridgehead atoms. The Morgan fingerprint density at radius 2 is 1.95 bits per heavy atom. The van der Waals surface area contributed by atoms with Crippen LogP contribution in [0.3, 0.4) is 0 Å². The summed E-state index contributed by atoms with van der Waals surface area (Å²) in [5, 5.41) is 2.89. The number of aromatic nitrogens is 1. The molecule has 112 valence electrons. The van der Waals surface area contributed by atoms with Crippen LogP contribution >= 0.6 is 15.9 Å². The van der Waals surface area contributed by atoms with Gasteiger partial charge in [-0.2, -0.15) is 13.2 Å². The fourth-order valence-electron chi connectivity index (χ4n) is 1.79. The van der Waals surface area contributed by atoms with Gasteiger partial charge in [-0.15, -0.1) is 0 Å². The van der Waals surface area contributed by atoms with Crippen molar-refractivity contribution in [3.63, 3.8) is 0 Å². The molecule has 3 nitrogen and oxygen atoms in total. The fraction of sp³-hybridized carbons (Fsp3) is 0.214. The van der Waals surface area contributed by atoms with E-state index in [1.54, 1.807) is 18.3 Å². The molecule has 2 aromatic rings. The van der Waals surface area contributed by atoms with Crippen molar-refractivity contribution < 1.29 is 13.2 Å². The zero-order valence-corrected chi connectivity index (χ0v) is 12.4. The van der Waals surface area contributed by atoms with E-state index in [0.717, 1.165) is 12.1 Å². The predicted molar refractivity (Wildman–Crippen MR) is 78.3 cm³/mol. The molecule has 0 unspecified atom stereocenters. The molecule has 0 amide bonds. The van der Waals surface area contributed by atoms with Gasteiger partial charge in [0, 0.05) is 35.5 Å². The molecule has 1 aromatic carbocycles. The first-order valence-corrected chi connectivity index (χ1v) is 6.93. The summed E-state index contributed by atoms with van der Waals surface area (Å²) in [4.78, 5) is 11.5. The zero-order valence-electron chi connectivity index (χ0n) is 10.8. The standard InChI is InChI=1S/C14H12BrF3N2O/c15-11-5-4-10(14(16,17)18)9-12(11)19-6-8-20-7-2-1-3-13(20)21/h1-5,7,9,19H,6,8H2. The van der Waals surface area contributed by atoms with Crippen LogP contribution in [0, 0.1) is 0 Å². The number of hydrogen-bond donors (Lipinski definition) is 1. The van der Waals surface area contributed by atoms with Crippen molar-refractivity contribution >= 4 is 21.6 Å². The molecule has 0 aliphatic heterocycles. The Balaban J connectivity index is 2.07. The van der Waals surface area contributed by atoms with Gasteiger partial charge in [0.2, 0.25) is 0 Å². The molecule has 0 atom stereocenters. The third kappa shape index (κ3) is 4.10. The Morgan fingerprint density at radius 1 is 1.19 bits per heavy atom. The summed E-state index contributed by atoms with van der Waals surface area (Å²) in [6.07, 6.45) is -2.75. The normalized spacial score (nSPS) is 11.4. The Labute approximate surface area is 127 Å². The van der Waals surface area contributed by atoms with Crippen molar-refractivity contribution in [2.75, 3.05) is 11.9 Å². The quantitative estimate of drug-likeness (QED) is 0.900. The second-order valence-corrected chi connectivity index (χ2v) is 5.21. The molecule has 21 heavy (non-hydrogen) atoms. The first kappa shape index (κ1) is 15.6. The van der Waals surface area contributed by atoms with Gasteiger partial charge in [-0.05, 0) is 40.2 Å². The van der Waals surface area contributed by atoms with Gasteiger partial charge in [-0.3, -0.25) is 4.79 Å². The summed E-state index contributed by atoms with van der Waals surface area (Å²) in [6.45, 7) is 0.701. The van der Waals surface area contributed by atoms with Crippen LogP contribution in [-0.4, -0.2) is 11.1 Å². The van der Waals surface area contributed by atoms with Crippen molar-refractivity contribution in [2.24, 2.45) is 0 Å². The van der Waals surface area contributed by atoms with E-state index in [-0.39, 0.29) is 5.56 Å². The molecule has 0 spiro atoms. The number of pyridine rings is 1. The van der Waals surface area contributed by atoms with Crippen LogP contribution in [0.4, 0.5) is 18.9 Å². The summed E-state index contributed by atoms with van der Waals surface area (Å²) in [7, 11) is 0. The second-order valence-electron chi connectivity index (χ2n) is 4.35. The van der Waals surface area contributed by atoms with Crippen molar-refractivity contribution in [2.45, 2.75) is 12.7 Å². The van der Waals surface area contributed by atoms with Gasteiger partial charge in [0.25, 0.3) is 5.56 Å². The first-order valence-electron chi connectivity index (χ1n) is 6.14. The van der Waals surface area contributed by atoms with Crippen LogP contribution in [0.1, 0.15) is 5.56 Å². The van der Waals surface area contributed by atoms with E-state index in [4.69, 9.17) is 0 Å². The minimum Gasteiger partial charge on any atom is -0.382 e. The molecule has 0 radical (unpaired) electrons. The van der Waals surface area contributed by atoms with Crippen molar-refractivity contribution in [1.29, 1.82) is 0 Å². The van der Waals surface area contributed by atoms with Gasteiger partial charge >= 0.3 is 6.18 Å². The van der Waals surface area contributed by atoms with Crippen LogP contribution < -0.4 is 10.9 Å². The van der Waals surface area contributed by atoms with Gasteiger partial charge in [0.15, 0.2) is 0 Å². The average Bonchev–Trinajstić information content (AvgIpc) is 2.41. The van der Waals surface area contributed by atoms with Crippen molar-refractivity contribution in [3.05, 3.63) is 63.0 Å². The molecule has 2 rings (SSSR count). The first-order chi connectivity index (χ1) is 9.88. The highest BCUT2D eigenvalue weighted by molar-refractivity contribution is 9.10.